The van der Waals surface area contributed by atoms with E-state index in [9.17, 15) is 4.39 Å². The third-order valence-corrected chi connectivity index (χ3v) is 4.82. The summed E-state index contributed by atoms with van der Waals surface area (Å²) >= 11 is 19.1. The Labute approximate surface area is 143 Å². The number of hydrogen-bond donors (Lipinski definition) is 0. The van der Waals surface area contributed by atoms with E-state index >= 15 is 0 Å². The Kier molecular flexibility index (Phi) is 5.35. The Morgan fingerprint density at radius 3 is 2.40 bits per heavy atom. The van der Waals surface area contributed by atoms with Crippen LogP contribution in [0.3, 0.4) is 0 Å². The normalized spacial score (nSPS) is 12.3. The number of hydrogen-bond acceptors (Lipinski definition) is 1. The molecule has 0 saturated carbocycles. The van der Waals surface area contributed by atoms with Crippen molar-refractivity contribution in [3.63, 3.8) is 0 Å². The number of methoxy groups -OCH3 is 1. The minimum absolute atomic E-state index is 0.273. The average Bonchev–Trinajstić information content (AvgIpc) is 2.39. The zero-order chi connectivity index (χ0) is 14.9. The molecule has 0 N–H and O–H groups in total. The molecule has 1 nitrogen and oxygen atoms in total. The van der Waals surface area contributed by atoms with Gasteiger partial charge in [-0.1, -0.05) is 55.1 Å². The Morgan fingerprint density at radius 1 is 1.10 bits per heavy atom. The Balaban J connectivity index is 2.47. The molecule has 2 rings (SSSR count). The fraction of sp³-hybridized carbons (Fsp3) is 0.143. The molecule has 6 heteroatoms. The van der Waals surface area contributed by atoms with E-state index in [0.717, 1.165) is 11.1 Å². The highest BCUT2D eigenvalue weighted by Gasteiger charge is 2.18. The maximum absolute atomic E-state index is 13.5. The van der Waals surface area contributed by atoms with Gasteiger partial charge in [0.05, 0.1) is 17.0 Å². The van der Waals surface area contributed by atoms with Crippen LogP contribution in [0, 0.1) is 5.82 Å². The van der Waals surface area contributed by atoms with E-state index in [2.05, 4.69) is 31.9 Å². The van der Waals surface area contributed by atoms with Crippen LogP contribution in [0.4, 0.5) is 4.39 Å². The summed E-state index contributed by atoms with van der Waals surface area (Å²) in [6.07, 6.45) is 0. The molecule has 0 aliphatic carbocycles. The predicted molar refractivity (Wildman–Crippen MR) is 87.9 cm³/mol. The van der Waals surface area contributed by atoms with E-state index in [4.69, 9.17) is 27.9 Å². The molecule has 0 radical (unpaired) electrons. The molecule has 0 aliphatic rings. The minimum Gasteiger partial charge on any atom is -0.495 e. The van der Waals surface area contributed by atoms with Crippen molar-refractivity contribution in [1.29, 1.82) is 0 Å². The number of benzene rings is 2. The van der Waals surface area contributed by atoms with Crippen LogP contribution in [0.25, 0.3) is 0 Å². The highest BCUT2D eigenvalue weighted by Crippen LogP contribution is 2.40. The number of ether oxygens (including phenoxy) is 1. The summed E-state index contributed by atoms with van der Waals surface area (Å²) in [6.45, 7) is 0. The maximum Gasteiger partial charge on any atom is 0.138 e. The average molecular weight is 443 g/mol. The van der Waals surface area contributed by atoms with E-state index in [1.807, 2.05) is 6.07 Å². The van der Waals surface area contributed by atoms with Crippen molar-refractivity contribution in [3.8, 4) is 5.75 Å². The molecule has 0 heterocycles. The molecular formula is C14H9Br2Cl2FO. The lowest BCUT2D eigenvalue weighted by molar-refractivity contribution is 0.415. The SMILES string of the molecule is COc1cc(Cl)c(C(Br)c2cc(F)cc(Br)c2)cc1Cl. The van der Waals surface area contributed by atoms with Crippen molar-refractivity contribution in [3.05, 3.63) is 61.8 Å². The van der Waals surface area contributed by atoms with Crippen LogP contribution >= 0.6 is 55.1 Å². The van der Waals surface area contributed by atoms with Gasteiger partial charge in [0.15, 0.2) is 0 Å². The second-order valence-electron chi connectivity index (χ2n) is 4.07. The molecule has 1 atom stereocenters. The highest BCUT2D eigenvalue weighted by atomic mass is 79.9. The van der Waals surface area contributed by atoms with Crippen molar-refractivity contribution in [2.45, 2.75) is 4.83 Å². The van der Waals surface area contributed by atoms with Gasteiger partial charge in [0, 0.05) is 15.6 Å². The van der Waals surface area contributed by atoms with Crippen LogP contribution in [-0.4, -0.2) is 7.11 Å². The number of halogens is 5. The molecule has 0 fully saturated rings. The van der Waals surface area contributed by atoms with Gasteiger partial charge >= 0.3 is 0 Å². The molecule has 20 heavy (non-hydrogen) atoms. The van der Waals surface area contributed by atoms with E-state index in [-0.39, 0.29) is 10.6 Å². The lowest BCUT2D eigenvalue weighted by Gasteiger charge is -2.15. The van der Waals surface area contributed by atoms with Gasteiger partial charge in [-0.3, -0.25) is 0 Å². The monoisotopic (exact) mass is 440 g/mol. The fourth-order valence-electron chi connectivity index (χ4n) is 1.80. The summed E-state index contributed by atoms with van der Waals surface area (Å²) < 4.78 is 19.2. The topological polar surface area (TPSA) is 9.23 Å². The van der Waals surface area contributed by atoms with Crippen molar-refractivity contribution < 1.29 is 9.13 Å². The molecule has 106 valence electrons. The molecule has 1 unspecified atom stereocenters. The lowest BCUT2D eigenvalue weighted by Crippen LogP contribution is -1.96. The van der Waals surface area contributed by atoms with Crippen LogP contribution in [0.15, 0.2) is 34.8 Å². The first-order valence-electron chi connectivity index (χ1n) is 5.55. The molecular weight excluding hydrogens is 434 g/mol. The van der Waals surface area contributed by atoms with Gasteiger partial charge in [0.25, 0.3) is 0 Å². The van der Waals surface area contributed by atoms with E-state index in [1.54, 1.807) is 12.1 Å². The van der Waals surface area contributed by atoms with Crippen LogP contribution in [0.2, 0.25) is 10.0 Å². The lowest BCUT2D eigenvalue weighted by atomic mass is 10.0. The third kappa shape index (κ3) is 3.48. The third-order valence-electron chi connectivity index (χ3n) is 2.72. The fourth-order valence-corrected chi connectivity index (χ4v) is 3.57. The van der Waals surface area contributed by atoms with Crippen molar-refractivity contribution in [2.75, 3.05) is 7.11 Å². The van der Waals surface area contributed by atoms with E-state index < -0.39 is 0 Å². The van der Waals surface area contributed by atoms with Gasteiger partial charge in [-0.15, -0.1) is 0 Å². The minimum atomic E-state index is -0.324. The molecule has 2 aromatic rings. The first-order chi connectivity index (χ1) is 9.42. The van der Waals surface area contributed by atoms with Crippen molar-refractivity contribution >= 4 is 55.1 Å². The highest BCUT2D eigenvalue weighted by molar-refractivity contribution is 9.10. The van der Waals surface area contributed by atoms with Crippen LogP contribution in [0.5, 0.6) is 5.75 Å². The molecule has 0 aromatic heterocycles. The van der Waals surface area contributed by atoms with Gasteiger partial charge < -0.3 is 4.74 Å². The Bertz CT molecular complexity index is 629. The summed E-state index contributed by atoms with van der Waals surface area (Å²) in [5.41, 5.74) is 1.48. The predicted octanol–water partition coefficient (Wildman–Crippen LogP) is 6.39. The molecule has 0 saturated heterocycles. The summed E-state index contributed by atoms with van der Waals surface area (Å²) in [5.74, 6) is 0.176. The second-order valence-corrected chi connectivity index (χ2v) is 6.72. The summed E-state index contributed by atoms with van der Waals surface area (Å²) in [7, 11) is 1.52. The molecule has 0 aliphatic heterocycles. The zero-order valence-corrected chi connectivity index (χ0v) is 14.9. The largest absolute Gasteiger partial charge is 0.495 e. The van der Waals surface area contributed by atoms with Crippen molar-refractivity contribution in [2.24, 2.45) is 0 Å². The molecule has 0 amide bonds. The van der Waals surface area contributed by atoms with Crippen molar-refractivity contribution in [1.82, 2.24) is 0 Å². The van der Waals surface area contributed by atoms with Crippen LogP contribution in [0.1, 0.15) is 16.0 Å². The maximum atomic E-state index is 13.5. The Hall–Kier alpha value is -0.290. The van der Waals surface area contributed by atoms with Gasteiger partial charge in [0.2, 0.25) is 0 Å². The molecule has 0 bridgehead atoms. The summed E-state index contributed by atoms with van der Waals surface area (Å²) in [6, 6.07) is 8.00. The van der Waals surface area contributed by atoms with Gasteiger partial charge in [-0.05, 0) is 35.4 Å². The molecule has 0 spiro atoms. The van der Waals surface area contributed by atoms with Gasteiger partial charge in [-0.2, -0.15) is 0 Å². The first kappa shape index (κ1) is 16.1. The number of rotatable bonds is 3. The number of alkyl halides is 1. The first-order valence-corrected chi connectivity index (χ1v) is 8.02. The Morgan fingerprint density at radius 2 is 1.80 bits per heavy atom. The van der Waals surface area contributed by atoms with Crippen LogP contribution in [-0.2, 0) is 0 Å². The van der Waals surface area contributed by atoms with E-state index in [0.29, 0.717) is 20.3 Å². The van der Waals surface area contributed by atoms with Crippen LogP contribution < -0.4 is 4.74 Å². The second kappa shape index (κ2) is 6.65. The standard InChI is InChI=1S/C14H9Br2Cl2FO/c1-20-13-6-11(17)10(5-12(13)18)14(16)7-2-8(15)4-9(19)3-7/h2-6,14H,1H3. The zero-order valence-electron chi connectivity index (χ0n) is 10.3. The van der Waals surface area contributed by atoms with E-state index in [1.165, 1.54) is 19.2 Å². The molecule has 2 aromatic carbocycles. The van der Waals surface area contributed by atoms with Gasteiger partial charge in [-0.25, -0.2) is 4.39 Å². The van der Waals surface area contributed by atoms with Gasteiger partial charge in [0.1, 0.15) is 11.6 Å². The summed E-state index contributed by atoms with van der Waals surface area (Å²) in [4.78, 5) is -0.273. The summed E-state index contributed by atoms with van der Waals surface area (Å²) in [5, 5.41) is 0.945. The smallest absolute Gasteiger partial charge is 0.138 e. The quantitative estimate of drug-likeness (QED) is 0.500.